The maximum atomic E-state index is 12.5. The second-order valence-electron chi connectivity index (χ2n) is 5.80. The molecule has 2 aromatic heterocycles. The van der Waals surface area contributed by atoms with Crippen molar-refractivity contribution in [2.45, 2.75) is 18.9 Å². The molecule has 128 valence electrons. The molecule has 0 radical (unpaired) electrons. The average Bonchev–Trinajstić information content (AvgIpc) is 2.96. The van der Waals surface area contributed by atoms with Crippen LogP contribution in [-0.4, -0.2) is 56.8 Å². The lowest BCUT2D eigenvalue weighted by molar-refractivity contribution is 0.0966. The number of likely N-dealkylation sites (tertiary alicyclic amines) is 1. The third-order valence-electron chi connectivity index (χ3n) is 3.82. The number of piperidine rings is 1. The van der Waals surface area contributed by atoms with Crippen LogP contribution in [0.15, 0.2) is 18.5 Å². The fraction of sp³-hybridized carbons (Fsp3) is 0.467. The highest BCUT2D eigenvalue weighted by Crippen LogP contribution is 2.21. The Labute approximate surface area is 153 Å². The number of carbonyl (C=O) groups is 1. The van der Waals surface area contributed by atoms with Gasteiger partial charge in [0.25, 0.3) is 5.91 Å². The van der Waals surface area contributed by atoms with Gasteiger partial charge < -0.3 is 15.0 Å². The van der Waals surface area contributed by atoms with Crippen LogP contribution in [0.1, 0.15) is 23.3 Å². The van der Waals surface area contributed by atoms with Gasteiger partial charge in [-0.15, -0.1) is 0 Å². The Morgan fingerprint density at radius 3 is 2.79 bits per heavy atom. The molecule has 24 heavy (non-hydrogen) atoms. The van der Waals surface area contributed by atoms with Crippen LogP contribution in [0.2, 0.25) is 0 Å². The SMILES string of the molecule is CN1CCC(Oc2ncc(I)nc2C(=O)Nc2ccn(C)n2)CC1. The minimum absolute atomic E-state index is 0.0527. The van der Waals surface area contributed by atoms with Gasteiger partial charge in [-0.1, -0.05) is 0 Å². The highest BCUT2D eigenvalue weighted by molar-refractivity contribution is 14.1. The van der Waals surface area contributed by atoms with Crippen molar-refractivity contribution in [3.8, 4) is 5.88 Å². The average molecular weight is 442 g/mol. The van der Waals surface area contributed by atoms with Crippen molar-refractivity contribution in [1.29, 1.82) is 0 Å². The van der Waals surface area contributed by atoms with Gasteiger partial charge in [0, 0.05) is 32.4 Å². The number of rotatable bonds is 4. The van der Waals surface area contributed by atoms with E-state index in [-0.39, 0.29) is 23.6 Å². The van der Waals surface area contributed by atoms with E-state index < -0.39 is 0 Å². The highest BCUT2D eigenvalue weighted by atomic mass is 127. The van der Waals surface area contributed by atoms with Crippen molar-refractivity contribution in [2.75, 3.05) is 25.5 Å². The summed E-state index contributed by atoms with van der Waals surface area (Å²) in [4.78, 5) is 23.4. The van der Waals surface area contributed by atoms with Gasteiger partial charge in [0.2, 0.25) is 5.88 Å². The standard InChI is InChI=1S/C15H19IN6O2/c1-21-6-3-10(4-7-21)24-15-13(18-11(16)9-17-15)14(23)19-12-5-8-22(2)20-12/h5,8-10H,3-4,6-7H2,1-2H3,(H,19,20,23). The maximum absolute atomic E-state index is 12.5. The van der Waals surface area contributed by atoms with Crippen molar-refractivity contribution in [3.63, 3.8) is 0 Å². The third-order valence-corrected chi connectivity index (χ3v) is 4.34. The van der Waals surface area contributed by atoms with Crippen LogP contribution in [0.3, 0.4) is 0 Å². The highest BCUT2D eigenvalue weighted by Gasteiger charge is 2.23. The third kappa shape index (κ3) is 4.20. The molecule has 0 spiro atoms. The van der Waals surface area contributed by atoms with Crippen molar-refractivity contribution in [3.05, 3.63) is 27.9 Å². The zero-order valence-electron chi connectivity index (χ0n) is 13.6. The Hall–Kier alpha value is -1.75. The molecule has 1 saturated heterocycles. The van der Waals surface area contributed by atoms with E-state index in [4.69, 9.17) is 4.74 Å². The van der Waals surface area contributed by atoms with Crippen molar-refractivity contribution >= 4 is 34.3 Å². The van der Waals surface area contributed by atoms with E-state index in [0.717, 1.165) is 25.9 Å². The first-order valence-electron chi connectivity index (χ1n) is 7.70. The molecule has 3 rings (SSSR count). The molecule has 8 nitrogen and oxygen atoms in total. The Morgan fingerprint density at radius 1 is 1.38 bits per heavy atom. The number of amides is 1. The maximum Gasteiger partial charge on any atom is 0.281 e. The number of aryl methyl sites for hydroxylation is 1. The molecule has 0 unspecified atom stereocenters. The van der Waals surface area contributed by atoms with Gasteiger partial charge in [-0.2, -0.15) is 5.10 Å². The molecule has 0 bridgehead atoms. The molecule has 1 aliphatic rings. The topological polar surface area (TPSA) is 85.2 Å². The van der Waals surface area contributed by atoms with Gasteiger partial charge >= 0.3 is 0 Å². The Balaban J connectivity index is 1.76. The molecule has 0 saturated carbocycles. The van der Waals surface area contributed by atoms with Gasteiger partial charge in [0.05, 0.1) is 6.20 Å². The lowest BCUT2D eigenvalue weighted by Crippen LogP contribution is -2.36. The second-order valence-corrected chi connectivity index (χ2v) is 6.90. The van der Waals surface area contributed by atoms with Crippen molar-refractivity contribution in [2.24, 2.45) is 7.05 Å². The molecule has 0 aromatic carbocycles. The van der Waals surface area contributed by atoms with Crippen molar-refractivity contribution < 1.29 is 9.53 Å². The number of hydrogen-bond acceptors (Lipinski definition) is 6. The molecule has 0 atom stereocenters. The van der Waals surface area contributed by atoms with Gasteiger partial charge in [-0.05, 0) is 42.5 Å². The van der Waals surface area contributed by atoms with Gasteiger partial charge in [0.1, 0.15) is 9.80 Å². The van der Waals surface area contributed by atoms with Gasteiger partial charge in [-0.3, -0.25) is 9.48 Å². The van der Waals surface area contributed by atoms with E-state index in [9.17, 15) is 4.79 Å². The molecule has 1 N–H and O–H groups in total. The largest absolute Gasteiger partial charge is 0.473 e. The van der Waals surface area contributed by atoms with Crippen LogP contribution >= 0.6 is 22.6 Å². The van der Waals surface area contributed by atoms with Gasteiger partial charge in [0.15, 0.2) is 11.5 Å². The molecule has 2 aromatic rings. The van der Waals surface area contributed by atoms with Crippen LogP contribution < -0.4 is 10.1 Å². The number of nitrogens with zero attached hydrogens (tertiary/aromatic N) is 5. The molecule has 3 heterocycles. The minimum atomic E-state index is -0.373. The first-order valence-corrected chi connectivity index (χ1v) is 8.78. The van der Waals surface area contributed by atoms with E-state index in [1.807, 2.05) is 22.6 Å². The Bertz CT molecular complexity index is 727. The van der Waals surface area contributed by atoms with Crippen LogP contribution in [0.4, 0.5) is 5.82 Å². The Morgan fingerprint density at radius 2 is 2.12 bits per heavy atom. The Kier molecular flexibility index (Phi) is 5.29. The summed E-state index contributed by atoms with van der Waals surface area (Å²) in [5, 5.41) is 6.87. The fourth-order valence-electron chi connectivity index (χ4n) is 2.51. The lowest BCUT2D eigenvalue weighted by Gasteiger charge is -2.29. The van der Waals surface area contributed by atoms with E-state index in [2.05, 4.69) is 32.3 Å². The van der Waals surface area contributed by atoms with Crippen molar-refractivity contribution in [1.82, 2.24) is 24.6 Å². The van der Waals surface area contributed by atoms with E-state index in [0.29, 0.717) is 9.52 Å². The lowest BCUT2D eigenvalue weighted by atomic mass is 10.1. The number of carbonyl (C=O) groups excluding carboxylic acids is 1. The van der Waals surface area contributed by atoms with E-state index in [1.165, 1.54) is 0 Å². The number of aromatic nitrogens is 4. The van der Waals surface area contributed by atoms with E-state index in [1.54, 1.807) is 30.2 Å². The zero-order chi connectivity index (χ0) is 17.1. The predicted octanol–water partition coefficient (Wildman–Crippen LogP) is 1.54. The first kappa shape index (κ1) is 17.1. The number of nitrogens with one attached hydrogen (secondary N) is 1. The number of anilines is 1. The summed E-state index contributed by atoms with van der Waals surface area (Å²) in [5.74, 6) is 0.370. The van der Waals surface area contributed by atoms with E-state index >= 15 is 0 Å². The van der Waals surface area contributed by atoms with Crippen LogP contribution in [0.25, 0.3) is 0 Å². The van der Waals surface area contributed by atoms with Crippen LogP contribution in [-0.2, 0) is 7.05 Å². The fourth-order valence-corrected chi connectivity index (χ4v) is 2.89. The molecule has 9 heteroatoms. The summed E-state index contributed by atoms with van der Waals surface area (Å²) in [6.07, 6.45) is 5.22. The first-order chi connectivity index (χ1) is 11.5. The quantitative estimate of drug-likeness (QED) is 0.724. The predicted molar refractivity (Wildman–Crippen MR) is 97.1 cm³/mol. The summed E-state index contributed by atoms with van der Waals surface area (Å²) < 4.78 is 8.21. The minimum Gasteiger partial charge on any atom is -0.473 e. The summed E-state index contributed by atoms with van der Waals surface area (Å²) >= 11 is 2.03. The number of halogens is 1. The molecule has 0 aliphatic carbocycles. The number of ether oxygens (including phenoxy) is 1. The molecule has 1 amide bonds. The summed E-state index contributed by atoms with van der Waals surface area (Å²) in [6, 6.07) is 1.72. The smallest absolute Gasteiger partial charge is 0.281 e. The molecular formula is C15H19IN6O2. The summed E-state index contributed by atoms with van der Waals surface area (Å²) in [6.45, 7) is 1.94. The summed E-state index contributed by atoms with van der Waals surface area (Å²) in [5.41, 5.74) is 0.187. The molecule has 1 fully saturated rings. The monoisotopic (exact) mass is 442 g/mol. The molecular weight excluding hydrogens is 423 g/mol. The van der Waals surface area contributed by atoms with Gasteiger partial charge in [-0.25, -0.2) is 9.97 Å². The second kappa shape index (κ2) is 7.43. The van der Waals surface area contributed by atoms with Crippen LogP contribution in [0, 0.1) is 3.70 Å². The molecule has 1 aliphatic heterocycles. The number of hydrogen-bond donors (Lipinski definition) is 1. The van der Waals surface area contributed by atoms with Crippen LogP contribution in [0.5, 0.6) is 5.88 Å². The summed E-state index contributed by atoms with van der Waals surface area (Å²) in [7, 11) is 3.88. The normalized spacial score (nSPS) is 16.1. The zero-order valence-corrected chi connectivity index (χ0v) is 15.7.